The third-order valence-electron chi connectivity index (χ3n) is 7.46. The number of rotatable bonds is 10. The lowest BCUT2D eigenvalue weighted by molar-refractivity contribution is 0.0826. The number of hydrogen-bond donors (Lipinski definition) is 0. The number of piperidine rings is 1. The number of nitrogens with zero attached hydrogens (tertiary/aromatic N) is 4. The molecule has 0 bridgehead atoms. The molecule has 2 aliphatic heterocycles. The van der Waals surface area contributed by atoms with Gasteiger partial charge in [-0.05, 0) is 95.8 Å². The molecule has 1 saturated heterocycles. The molecule has 2 aliphatic carbocycles. The summed E-state index contributed by atoms with van der Waals surface area (Å²) in [7, 11) is 4.18. The molecule has 0 amide bonds. The van der Waals surface area contributed by atoms with Gasteiger partial charge in [0, 0.05) is 18.7 Å². The van der Waals surface area contributed by atoms with Crippen LogP contribution < -0.4 is 0 Å². The highest BCUT2D eigenvalue weighted by Crippen LogP contribution is 2.37. The van der Waals surface area contributed by atoms with Crippen molar-refractivity contribution in [1.82, 2.24) is 14.8 Å². The summed E-state index contributed by atoms with van der Waals surface area (Å²) in [6, 6.07) is 3.28. The molecule has 2 unspecified atom stereocenters. The topological polar surface area (TPSA) is 50.2 Å². The van der Waals surface area contributed by atoms with E-state index >= 15 is 0 Å². The molecule has 1 aromatic rings. The van der Waals surface area contributed by atoms with Crippen LogP contribution in [0.15, 0.2) is 47.0 Å². The standard InChI is InChI=1S/C27H37FN4O2/c1-31(2)17-24-26(33-18-20-3-4-20)10-8-23-25(30-34-27(23)24)9-5-19-11-13-32(14-12-19)16-22-7-6-21(28)15-29-22/h6-8,10,15,19-20,23,27H,3-5,9,11-14,16-18H2,1-2H3. The number of aromatic nitrogens is 1. The molecule has 4 aliphatic rings. The van der Waals surface area contributed by atoms with Gasteiger partial charge in [0.15, 0.2) is 6.10 Å². The smallest absolute Gasteiger partial charge is 0.165 e. The minimum absolute atomic E-state index is 0.0262. The fraction of sp³-hybridized carbons (Fsp3) is 0.630. The number of pyridine rings is 1. The van der Waals surface area contributed by atoms with E-state index in [9.17, 15) is 4.39 Å². The van der Waals surface area contributed by atoms with Gasteiger partial charge in [-0.3, -0.25) is 9.88 Å². The summed E-state index contributed by atoms with van der Waals surface area (Å²) in [6.07, 6.45) is 12.8. The fourth-order valence-corrected chi connectivity index (χ4v) is 5.22. The average molecular weight is 469 g/mol. The van der Waals surface area contributed by atoms with Crippen molar-refractivity contribution < 1.29 is 14.0 Å². The normalized spacial score (nSPS) is 25.5. The number of halogens is 1. The second-order valence-corrected chi connectivity index (χ2v) is 10.6. The van der Waals surface area contributed by atoms with E-state index in [1.807, 2.05) is 0 Å². The number of fused-ring (bicyclic) bond motifs is 1. The molecule has 184 valence electrons. The van der Waals surface area contributed by atoms with Gasteiger partial charge >= 0.3 is 0 Å². The Kier molecular flexibility index (Phi) is 7.30. The summed E-state index contributed by atoms with van der Waals surface area (Å²) >= 11 is 0. The highest BCUT2D eigenvalue weighted by Gasteiger charge is 2.39. The highest BCUT2D eigenvalue weighted by atomic mass is 19.1. The number of hydrogen-bond acceptors (Lipinski definition) is 6. The summed E-state index contributed by atoms with van der Waals surface area (Å²) in [5, 5.41) is 4.55. The van der Waals surface area contributed by atoms with Gasteiger partial charge in [0.2, 0.25) is 0 Å². The van der Waals surface area contributed by atoms with Gasteiger partial charge in [0.05, 0.1) is 30.1 Å². The minimum atomic E-state index is -0.275. The van der Waals surface area contributed by atoms with Crippen LogP contribution in [0.3, 0.4) is 0 Å². The van der Waals surface area contributed by atoms with Gasteiger partial charge in [-0.25, -0.2) is 4.39 Å². The highest BCUT2D eigenvalue weighted by molar-refractivity contribution is 5.90. The van der Waals surface area contributed by atoms with E-state index in [-0.39, 0.29) is 17.8 Å². The van der Waals surface area contributed by atoms with E-state index < -0.39 is 0 Å². The molecule has 1 saturated carbocycles. The van der Waals surface area contributed by atoms with E-state index in [1.165, 1.54) is 49.2 Å². The lowest BCUT2D eigenvalue weighted by Gasteiger charge is -2.32. The predicted molar refractivity (Wildman–Crippen MR) is 131 cm³/mol. The monoisotopic (exact) mass is 468 g/mol. The van der Waals surface area contributed by atoms with Crippen LogP contribution in [-0.4, -0.2) is 66.9 Å². The van der Waals surface area contributed by atoms with Gasteiger partial charge in [0.1, 0.15) is 11.6 Å². The SMILES string of the molecule is CN(C)CC1=C(OCC2CC2)C=CC2C(CCC3CCN(Cc4ccc(F)cn4)CC3)=NOC12. The molecule has 3 heterocycles. The Morgan fingerprint density at radius 2 is 1.97 bits per heavy atom. The Hall–Kier alpha value is -2.25. The molecular formula is C27H37FN4O2. The van der Waals surface area contributed by atoms with Crippen LogP contribution in [0.4, 0.5) is 4.39 Å². The van der Waals surface area contributed by atoms with Crippen LogP contribution in [-0.2, 0) is 16.1 Å². The quantitative estimate of drug-likeness (QED) is 0.510. The van der Waals surface area contributed by atoms with Gasteiger partial charge in [-0.15, -0.1) is 0 Å². The van der Waals surface area contributed by atoms with Crippen molar-refractivity contribution in [3.8, 4) is 0 Å². The number of ether oxygens (including phenoxy) is 1. The molecule has 7 heteroatoms. The minimum Gasteiger partial charge on any atom is -0.493 e. The first-order valence-corrected chi connectivity index (χ1v) is 12.8. The van der Waals surface area contributed by atoms with E-state index in [0.29, 0.717) is 5.92 Å². The lowest BCUT2D eigenvalue weighted by atomic mass is 9.83. The molecule has 0 radical (unpaired) electrons. The summed E-state index contributed by atoms with van der Waals surface area (Å²) in [6.45, 7) is 4.58. The van der Waals surface area contributed by atoms with Gasteiger partial charge in [-0.1, -0.05) is 11.2 Å². The first kappa shape index (κ1) is 23.5. The molecule has 0 spiro atoms. The zero-order valence-corrected chi connectivity index (χ0v) is 20.5. The number of allylic oxidation sites excluding steroid dienone is 1. The predicted octanol–water partition coefficient (Wildman–Crippen LogP) is 4.40. The second kappa shape index (κ2) is 10.6. The first-order valence-electron chi connectivity index (χ1n) is 12.8. The van der Waals surface area contributed by atoms with Crippen molar-refractivity contribution in [2.45, 2.75) is 51.2 Å². The van der Waals surface area contributed by atoms with Gasteiger partial charge in [0.25, 0.3) is 0 Å². The molecule has 0 aromatic carbocycles. The van der Waals surface area contributed by atoms with E-state index in [1.54, 1.807) is 6.07 Å². The van der Waals surface area contributed by atoms with Crippen LogP contribution >= 0.6 is 0 Å². The summed E-state index contributed by atoms with van der Waals surface area (Å²) in [5.74, 6) is 2.38. The molecule has 1 aromatic heterocycles. The molecule has 2 atom stereocenters. The summed E-state index contributed by atoms with van der Waals surface area (Å²) in [4.78, 5) is 14.8. The van der Waals surface area contributed by atoms with Crippen molar-refractivity contribution in [2.24, 2.45) is 22.9 Å². The summed E-state index contributed by atoms with van der Waals surface area (Å²) in [5.41, 5.74) is 3.34. The van der Waals surface area contributed by atoms with Gasteiger partial charge < -0.3 is 14.5 Å². The van der Waals surface area contributed by atoms with Crippen molar-refractivity contribution in [3.05, 3.63) is 53.3 Å². The third kappa shape index (κ3) is 5.87. The zero-order valence-electron chi connectivity index (χ0n) is 20.5. The molecular weight excluding hydrogens is 431 g/mol. The van der Waals surface area contributed by atoms with Crippen LogP contribution in [0, 0.1) is 23.6 Å². The first-order chi connectivity index (χ1) is 16.5. The van der Waals surface area contributed by atoms with Crippen LogP contribution in [0.25, 0.3) is 0 Å². The average Bonchev–Trinajstić information content (AvgIpc) is 3.57. The number of likely N-dealkylation sites (N-methyl/N-ethyl adjacent to an activating group) is 1. The molecule has 2 fully saturated rings. The Morgan fingerprint density at radius 1 is 1.15 bits per heavy atom. The largest absolute Gasteiger partial charge is 0.493 e. The Morgan fingerprint density at radius 3 is 2.68 bits per heavy atom. The maximum absolute atomic E-state index is 13.1. The Balaban J connectivity index is 1.10. The Bertz CT molecular complexity index is 930. The van der Waals surface area contributed by atoms with Crippen LogP contribution in [0.5, 0.6) is 0 Å². The second-order valence-electron chi connectivity index (χ2n) is 10.6. The molecule has 0 N–H and O–H groups in total. The maximum Gasteiger partial charge on any atom is 0.165 e. The third-order valence-corrected chi connectivity index (χ3v) is 7.46. The zero-order chi connectivity index (χ0) is 23.5. The van der Waals surface area contributed by atoms with Gasteiger partial charge in [-0.2, -0.15) is 0 Å². The molecule has 34 heavy (non-hydrogen) atoms. The molecule has 5 rings (SSSR count). The number of oxime groups is 1. The fourth-order valence-electron chi connectivity index (χ4n) is 5.22. The number of likely N-dealkylation sites (tertiary alicyclic amines) is 1. The Labute approximate surface area is 202 Å². The van der Waals surface area contributed by atoms with Crippen molar-refractivity contribution in [1.29, 1.82) is 0 Å². The van der Waals surface area contributed by atoms with E-state index in [0.717, 1.165) is 63.0 Å². The summed E-state index contributed by atoms with van der Waals surface area (Å²) < 4.78 is 19.3. The maximum atomic E-state index is 13.1. The van der Waals surface area contributed by atoms with Crippen molar-refractivity contribution in [2.75, 3.05) is 40.3 Å². The lowest BCUT2D eigenvalue weighted by Crippen LogP contribution is -2.34. The van der Waals surface area contributed by atoms with E-state index in [4.69, 9.17) is 9.57 Å². The van der Waals surface area contributed by atoms with Crippen molar-refractivity contribution >= 4 is 5.71 Å². The van der Waals surface area contributed by atoms with Crippen LogP contribution in [0.1, 0.15) is 44.2 Å². The molecule has 6 nitrogen and oxygen atoms in total. The van der Waals surface area contributed by atoms with Crippen molar-refractivity contribution in [3.63, 3.8) is 0 Å². The van der Waals surface area contributed by atoms with E-state index in [2.05, 4.69) is 46.2 Å². The van der Waals surface area contributed by atoms with Crippen LogP contribution in [0.2, 0.25) is 0 Å².